The highest BCUT2D eigenvalue weighted by Crippen LogP contribution is 2.58. The van der Waals surface area contributed by atoms with Gasteiger partial charge in [-0.2, -0.15) is 13.2 Å². The molecule has 3 fully saturated rings. The number of halogens is 3. The first-order valence-electron chi connectivity index (χ1n) is 5.16. The van der Waals surface area contributed by atoms with Crippen LogP contribution in [0.5, 0.6) is 0 Å². The summed E-state index contributed by atoms with van der Waals surface area (Å²) in [5, 5.41) is 9.05. The van der Waals surface area contributed by atoms with Crippen LogP contribution in [0, 0.1) is 17.3 Å². The number of carboxylic acids is 1. The van der Waals surface area contributed by atoms with Crippen molar-refractivity contribution in [2.24, 2.45) is 17.3 Å². The molecular formula is C10H13F3O2. The summed E-state index contributed by atoms with van der Waals surface area (Å²) in [6, 6.07) is 0. The number of aliphatic carboxylic acids is 1. The highest BCUT2D eigenvalue weighted by Gasteiger charge is 2.62. The number of rotatable bonds is 1. The molecule has 2 nitrogen and oxygen atoms in total. The maximum absolute atomic E-state index is 12.7. The summed E-state index contributed by atoms with van der Waals surface area (Å²) in [4.78, 5) is 11.1. The number of alkyl halides is 3. The zero-order valence-corrected chi connectivity index (χ0v) is 8.18. The van der Waals surface area contributed by atoms with Crippen LogP contribution in [0.3, 0.4) is 0 Å². The standard InChI is InChI=1S/C10H13F3O2/c11-10(12,13)7-5-6-1-3-9(7,4-2-6)8(14)15/h6-7H,1-5H2,(H,14,15). The van der Waals surface area contributed by atoms with E-state index in [1.165, 1.54) is 0 Å². The van der Waals surface area contributed by atoms with Crippen molar-refractivity contribution in [1.29, 1.82) is 0 Å². The molecule has 3 aliphatic carbocycles. The summed E-state index contributed by atoms with van der Waals surface area (Å²) >= 11 is 0. The minimum atomic E-state index is -4.36. The zero-order chi connectivity index (χ0) is 11.3. The van der Waals surface area contributed by atoms with Gasteiger partial charge in [0.25, 0.3) is 0 Å². The minimum Gasteiger partial charge on any atom is -0.481 e. The molecule has 0 heterocycles. The first-order valence-corrected chi connectivity index (χ1v) is 5.16. The van der Waals surface area contributed by atoms with Gasteiger partial charge in [0.2, 0.25) is 0 Å². The van der Waals surface area contributed by atoms with E-state index < -0.39 is 23.5 Å². The van der Waals surface area contributed by atoms with Crippen LogP contribution in [0.2, 0.25) is 0 Å². The molecular weight excluding hydrogens is 209 g/mol. The zero-order valence-electron chi connectivity index (χ0n) is 8.18. The topological polar surface area (TPSA) is 37.3 Å². The molecule has 3 saturated carbocycles. The highest BCUT2D eigenvalue weighted by atomic mass is 19.4. The molecule has 0 aromatic carbocycles. The van der Waals surface area contributed by atoms with Crippen molar-refractivity contribution in [3.63, 3.8) is 0 Å². The lowest BCUT2D eigenvalue weighted by Crippen LogP contribution is -2.52. The molecule has 1 N–H and O–H groups in total. The predicted molar refractivity (Wildman–Crippen MR) is 46.2 cm³/mol. The van der Waals surface area contributed by atoms with Gasteiger partial charge in [-0.3, -0.25) is 4.79 Å². The van der Waals surface area contributed by atoms with Gasteiger partial charge in [-0.15, -0.1) is 0 Å². The molecule has 1 unspecified atom stereocenters. The maximum atomic E-state index is 12.7. The van der Waals surface area contributed by atoms with Gasteiger partial charge in [-0.05, 0) is 38.0 Å². The van der Waals surface area contributed by atoms with Crippen LogP contribution in [-0.4, -0.2) is 17.3 Å². The fourth-order valence-corrected chi connectivity index (χ4v) is 3.15. The van der Waals surface area contributed by atoms with Crippen LogP contribution in [0.1, 0.15) is 32.1 Å². The van der Waals surface area contributed by atoms with Gasteiger partial charge in [0.1, 0.15) is 0 Å². The van der Waals surface area contributed by atoms with E-state index in [4.69, 9.17) is 5.11 Å². The Morgan fingerprint density at radius 2 is 1.80 bits per heavy atom. The molecule has 0 aromatic rings. The molecule has 15 heavy (non-hydrogen) atoms. The van der Waals surface area contributed by atoms with Crippen LogP contribution < -0.4 is 0 Å². The fraction of sp³-hybridized carbons (Fsp3) is 0.900. The molecule has 3 aliphatic rings. The normalized spacial score (nSPS) is 40.5. The van der Waals surface area contributed by atoms with E-state index in [2.05, 4.69) is 0 Å². The number of hydrogen-bond acceptors (Lipinski definition) is 1. The Labute approximate surface area is 85.5 Å². The molecule has 0 aromatic heterocycles. The van der Waals surface area contributed by atoms with Crippen LogP contribution in [0.25, 0.3) is 0 Å². The lowest BCUT2D eigenvalue weighted by Gasteiger charge is -2.49. The van der Waals surface area contributed by atoms with Crippen molar-refractivity contribution < 1.29 is 23.1 Å². The Morgan fingerprint density at radius 3 is 2.13 bits per heavy atom. The molecule has 2 bridgehead atoms. The van der Waals surface area contributed by atoms with Gasteiger partial charge in [-0.25, -0.2) is 0 Å². The number of hydrogen-bond donors (Lipinski definition) is 1. The molecule has 0 saturated heterocycles. The largest absolute Gasteiger partial charge is 0.481 e. The summed E-state index contributed by atoms with van der Waals surface area (Å²) in [5.74, 6) is -2.81. The second-order valence-electron chi connectivity index (χ2n) is 4.73. The van der Waals surface area contributed by atoms with Crippen LogP contribution >= 0.6 is 0 Å². The van der Waals surface area contributed by atoms with Crippen molar-refractivity contribution in [1.82, 2.24) is 0 Å². The first kappa shape index (κ1) is 10.8. The summed E-state index contributed by atoms with van der Waals surface area (Å²) in [7, 11) is 0. The highest BCUT2D eigenvalue weighted by molar-refractivity contribution is 5.75. The number of carbonyl (C=O) groups is 1. The van der Waals surface area contributed by atoms with Gasteiger partial charge in [0, 0.05) is 0 Å². The van der Waals surface area contributed by atoms with Crippen molar-refractivity contribution in [3.8, 4) is 0 Å². The van der Waals surface area contributed by atoms with Gasteiger partial charge < -0.3 is 5.11 Å². The van der Waals surface area contributed by atoms with E-state index in [9.17, 15) is 18.0 Å². The molecule has 5 heteroatoms. The fourth-order valence-electron chi connectivity index (χ4n) is 3.15. The monoisotopic (exact) mass is 222 g/mol. The molecule has 0 radical (unpaired) electrons. The Morgan fingerprint density at radius 1 is 1.27 bits per heavy atom. The van der Waals surface area contributed by atoms with E-state index in [0.29, 0.717) is 12.8 Å². The van der Waals surface area contributed by atoms with E-state index in [1.807, 2.05) is 0 Å². The van der Waals surface area contributed by atoms with Crippen molar-refractivity contribution in [2.45, 2.75) is 38.3 Å². The lowest BCUT2D eigenvalue weighted by molar-refractivity contribution is -0.239. The molecule has 1 atom stereocenters. The Hall–Kier alpha value is -0.740. The predicted octanol–water partition coefficient (Wildman–Crippen LogP) is 2.83. The van der Waals surface area contributed by atoms with E-state index in [-0.39, 0.29) is 25.2 Å². The second-order valence-corrected chi connectivity index (χ2v) is 4.73. The van der Waals surface area contributed by atoms with E-state index in [1.54, 1.807) is 0 Å². The summed E-state index contributed by atoms with van der Waals surface area (Å²) in [6.07, 6.45) is -2.70. The average Bonchev–Trinajstić information content (AvgIpc) is 2.18. The van der Waals surface area contributed by atoms with E-state index >= 15 is 0 Å². The average molecular weight is 222 g/mol. The van der Waals surface area contributed by atoms with Gasteiger partial charge in [0.05, 0.1) is 11.3 Å². The van der Waals surface area contributed by atoms with Crippen LogP contribution in [0.15, 0.2) is 0 Å². The Kier molecular flexibility index (Phi) is 2.24. The van der Waals surface area contributed by atoms with Crippen LogP contribution in [0.4, 0.5) is 13.2 Å². The van der Waals surface area contributed by atoms with E-state index in [0.717, 1.165) is 0 Å². The number of carboxylic acid groups (broad SMARTS) is 1. The Balaban J connectivity index is 2.34. The third-order valence-corrected chi connectivity index (χ3v) is 4.05. The van der Waals surface area contributed by atoms with Crippen molar-refractivity contribution in [3.05, 3.63) is 0 Å². The Bertz CT molecular complexity index is 277. The third kappa shape index (κ3) is 1.52. The van der Waals surface area contributed by atoms with Crippen LogP contribution in [-0.2, 0) is 4.79 Å². The quantitative estimate of drug-likeness (QED) is 0.740. The molecule has 86 valence electrons. The molecule has 0 spiro atoms. The first-order chi connectivity index (χ1) is 6.86. The lowest BCUT2D eigenvalue weighted by atomic mass is 9.55. The summed E-state index contributed by atoms with van der Waals surface area (Å²) in [6.45, 7) is 0. The minimum absolute atomic E-state index is 0.00972. The van der Waals surface area contributed by atoms with Gasteiger partial charge >= 0.3 is 12.1 Å². The summed E-state index contributed by atoms with van der Waals surface area (Å²) in [5.41, 5.74) is -1.52. The number of fused-ring (bicyclic) bond motifs is 3. The van der Waals surface area contributed by atoms with Crippen molar-refractivity contribution in [2.75, 3.05) is 0 Å². The smallest absolute Gasteiger partial charge is 0.392 e. The molecule has 0 aliphatic heterocycles. The van der Waals surface area contributed by atoms with Gasteiger partial charge in [0.15, 0.2) is 0 Å². The maximum Gasteiger partial charge on any atom is 0.392 e. The SMILES string of the molecule is O=C(O)C12CCC(CC1)CC2C(F)(F)F. The molecule has 3 rings (SSSR count). The summed E-state index contributed by atoms with van der Waals surface area (Å²) < 4.78 is 38.2. The van der Waals surface area contributed by atoms with Gasteiger partial charge in [-0.1, -0.05) is 0 Å². The molecule has 0 amide bonds. The third-order valence-electron chi connectivity index (χ3n) is 4.05. The second kappa shape index (κ2) is 3.12. The van der Waals surface area contributed by atoms with Crippen molar-refractivity contribution >= 4 is 5.97 Å².